The summed E-state index contributed by atoms with van der Waals surface area (Å²) in [7, 11) is 0. The third-order valence-corrected chi connectivity index (χ3v) is 5.11. The second kappa shape index (κ2) is 7.53. The van der Waals surface area contributed by atoms with Gasteiger partial charge in [0.1, 0.15) is 11.9 Å². The van der Waals surface area contributed by atoms with Crippen LogP contribution in [0.2, 0.25) is 0 Å². The highest BCUT2D eigenvalue weighted by molar-refractivity contribution is 5.81. The number of nitrogens with one attached hydrogen (secondary N) is 1. The number of nitrogens with zero attached hydrogens (tertiary/aromatic N) is 2. The number of carbonyl (C=O) groups excluding carboxylic acids is 1. The molecule has 1 aromatic heterocycles. The van der Waals surface area contributed by atoms with Crippen molar-refractivity contribution < 1.29 is 9.53 Å². The zero-order valence-corrected chi connectivity index (χ0v) is 15.8. The highest BCUT2D eigenvalue weighted by Gasteiger charge is 2.26. The van der Waals surface area contributed by atoms with E-state index in [0.29, 0.717) is 6.61 Å². The number of aromatic nitrogens is 2. The standard InChI is InChI=1S/C22H25N3O2/c1-15-9-11-17(12-10-15)14-25-19-7-4-3-6-18(19)24-21(25)16(2)23-22(26)20-8-5-13-27-20/h3-4,6-7,9-12,16,20H,5,8,13-14H2,1-2H3,(H,23,26). The first-order valence-electron chi connectivity index (χ1n) is 9.54. The molecule has 0 aliphatic carbocycles. The van der Waals surface area contributed by atoms with Gasteiger partial charge in [0.2, 0.25) is 5.91 Å². The van der Waals surface area contributed by atoms with E-state index in [2.05, 4.69) is 47.1 Å². The van der Waals surface area contributed by atoms with Crippen LogP contribution in [0.15, 0.2) is 48.5 Å². The molecule has 140 valence electrons. The second-order valence-corrected chi connectivity index (χ2v) is 7.26. The predicted octanol–water partition coefficient (Wildman–Crippen LogP) is 3.75. The summed E-state index contributed by atoms with van der Waals surface area (Å²) >= 11 is 0. The molecule has 2 heterocycles. The molecule has 1 aliphatic heterocycles. The number of carbonyl (C=O) groups is 1. The van der Waals surface area contributed by atoms with Gasteiger partial charge in [0.25, 0.3) is 0 Å². The molecule has 2 aromatic carbocycles. The fourth-order valence-electron chi connectivity index (χ4n) is 3.62. The summed E-state index contributed by atoms with van der Waals surface area (Å²) in [4.78, 5) is 17.3. The van der Waals surface area contributed by atoms with Crippen LogP contribution in [0, 0.1) is 6.92 Å². The first-order chi connectivity index (χ1) is 13.1. The maximum absolute atomic E-state index is 12.5. The number of ether oxygens (including phenoxy) is 1. The minimum atomic E-state index is -0.331. The van der Waals surface area contributed by atoms with Gasteiger partial charge in [-0.15, -0.1) is 0 Å². The largest absolute Gasteiger partial charge is 0.368 e. The van der Waals surface area contributed by atoms with Crippen LogP contribution >= 0.6 is 0 Å². The van der Waals surface area contributed by atoms with Crippen LogP contribution in [0.3, 0.4) is 0 Å². The van der Waals surface area contributed by atoms with Crippen LogP contribution in [0.5, 0.6) is 0 Å². The Kier molecular flexibility index (Phi) is 4.94. The molecule has 0 bridgehead atoms. The molecule has 1 aliphatic rings. The molecule has 1 N–H and O–H groups in total. The SMILES string of the molecule is Cc1ccc(Cn2c(C(C)NC(=O)C3CCCO3)nc3ccccc32)cc1. The van der Waals surface area contributed by atoms with Crippen LogP contribution in [-0.2, 0) is 16.1 Å². The molecule has 0 radical (unpaired) electrons. The van der Waals surface area contributed by atoms with E-state index in [9.17, 15) is 4.79 Å². The Morgan fingerprint density at radius 1 is 1.26 bits per heavy atom. The normalized spacial score (nSPS) is 17.9. The van der Waals surface area contributed by atoms with E-state index in [-0.39, 0.29) is 18.1 Å². The van der Waals surface area contributed by atoms with Gasteiger partial charge in [-0.3, -0.25) is 4.79 Å². The Balaban J connectivity index is 1.64. The molecule has 2 unspecified atom stereocenters. The summed E-state index contributed by atoms with van der Waals surface area (Å²) in [6.07, 6.45) is 1.40. The van der Waals surface area contributed by atoms with Gasteiger partial charge in [-0.2, -0.15) is 0 Å². The van der Waals surface area contributed by atoms with Crippen molar-refractivity contribution in [3.63, 3.8) is 0 Å². The number of para-hydroxylation sites is 2. The summed E-state index contributed by atoms with van der Waals surface area (Å²) < 4.78 is 7.70. The first kappa shape index (κ1) is 17.7. The minimum absolute atomic E-state index is 0.0473. The van der Waals surface area contributed by atoms with E-state index < -0.39 is 0 Å². The molecule has 3 aromatic rings. The predicted molar refractivity (Wildman–Crippen MR) is 106 cm³/mol. The van der Waals surface area contributed by atoms with Gasteiger partial charge in [-0.1, -0.05) is 42.0 Å². The monoisotopic (exact) mass is 363 g/mol. The molecule has 27 heavy (non-hydrogen) atoms. The maximum atomic E-state index is 12.5. The Labute approximate surface area is 159 Å². The van der Waals surface area contributed by atoms with Crippen LogP contribution < -0.4 is 5.32 Å². The fourth-order valence-corrected chi connectivity index (χ4v) is 3.62. The van der Waals surface area contributed by atoms with Gasteiger partial charge in [0.15, 0.2) is 0 Å². The zero-order chi connectivity index (χ0) is 18.8. The lowest BCUT2D eigenvalue weighted by Gasteiger charge is -2.18. The Morgan fingerprint density at radius 3 is 2.78 bits per heavy atom. The van der Waals surface area contributed by atoms with Gasteiger partial charge in [0, 0.05) is 13.2 Å². The molecule has 5 heteroatoms. The third-order valence-electron chi connectivity index (χ3n) is 5.11. The second-order valence-electron chi connectivity index (χ2n) is 7.26. The highest BCUT2D eigenvalue weighted by atomic mass is 16.5. The number of hydrogen-bond acceptors (Lipinski definition) is 3. The van der Waals surface area contributed by atoms with E-state index in [1.54, 1.807) is 0 Å². The van der Waals surface area contributed by atoms with E-state index in [4.69, 9.17) is 9.72 Å². The van der Waals surface area contributed by atoms with Gasteiger partial charge >= 0.3 is 0 Å². The van der Waals surface area contributed by atoms with Crippen LogP contribution in [0.4, 0.5) is 0 Å². The van der Waals surface area contributed by atoms with E-state index in [1.165, 1.54) is 11.1 Å². The molecular formula is C22H25N3O2. The average Bonchev–Trinajstić information content (AvgIpc) is 3.32. The number of amides is 1. The summed E-state index contributed by atoms with van der Waals surface area (Å²) in [5.41, 5.74) is 4.47. The zero-order valence-electron chi connectivity index (χ0n) is 15.8. The Bertz CT molecular complexity index is 940. The third kappa shape index (κ3) is 3.74. The number of imidazole rings is 1. The first-order valence-corrected chi connectivity index (χ1v) is 9.54. The van der Waals surface area contributed by atoms with E-state index in [1.807, 2.05) is 25.1 Å². The number of fused-ring (bicyclic) bond motifs is 1. The number of rotatable bonds is 5. The Morgan fingerprint density at radius 2 is 2.04 bits per heavy atom. The molecule has 0 spiro atoms. The lowest BCUT2D eigenvalue weighted by molar-refractivity contribution is -0.130. The van der Waals surface area contributed by atoms with Crippen LogP contribution in [-0.4, -0.2) is 28.2 Å². The molecule has 2 atom stereocenters. The summed E-state index contributed by atoms with van der Waals surface area (Å²) in [5.74, 6) is 0.817. The average molecular weight is 363 g/mol. The van der Waals surface area contributed by atoms with Crippen molar-refractivity contribution in [2.24, 2.45) is 0 Å². The highest BCUT2D eigenvalue weighted by Crippen LogP contribution is 2.23. The minimum Gasteiger partial charge on any atom is -0.368 e. The van der Waals surface area contributed by atoms with Crippen LogP contribution in [0.1, 0.15) is 42.8 Å². The van der Waals surface area contributed by atoms with Crippen molar-refractivity contribution in [3.05, 3.63) is 65.5 Å². The molecule has 0 saturated carbocycles. The van der Waals surface area contributed by atoms with Crippen molar-refractivity contribution in [2.75, 3.05) is 6.61 Å². The lowest BCUT2D eigenvalue weighted by Crippen LogP contribution is -2.36. The maximum Gasteiger partial charge on any atom is 0.249 e. The van der Waals surface area contributed by atoms with Gasteiger partial charge < -0.3 is 14.6 Å². The summed E-state index contributed by atoms with van der Waals surface area (Å²) in [6.45, 7) is 5.46. The Hall–Kier alpha value is -2.66. The number of benzene rings is 2. The number of hydrogen-bond donors (Lipinski definition) is 1. The molecule has 4 rings (SSSR count). The van der Waals surface area contributed by atoms with Crippen molar-refractivity contribution in [1.82, 2.24) is 14.9 Å². The molecule has 1 saturated heterocycles. The quantitative estimate of drug-likeness (QED) is 0.751. The van der Waals surface area contributed by atoms with Gasteiger partial charge in [-0.25, -0.2) is 4.98 Å². The van der Waals surface area contributed by atoms with Crippen molar-refractivity contribution in [2.45, 2.75) is 45.4 Å². The lowest BCUT2D eigenvalue weighted by atomic mass is 10.1. The van der Waals surface area contributed by atoms with Crippen molar-refractivity contribution >= 4 is 16.9 Å². The molecular weight excluding hydrogens is 338 g/mol. The van der Waals surface area contributed by atoms with Crippen LogP contribution in [0.25, 0.3) is 11.0 Å². The topological polar surface area (TPSA) is 56.2 Å². The summed E-state index contributed by atoms with van der Waals surface area (Å²) in [6, 6.07) is 16.4. The van der Waals surface area contributed by atoms with E-state index >= 15 is 0 Å². The molecule has 1 fully saturated rings. The van der Waals surface area contributed by atoms with Gasteiger partial charge in [0.05, 0.1) is 17.1 Å². The van der Waals surface area contributed by atoms with Crippen molar-refractivity contribution in [1.29, 1.82) is 0 Å². The summed E-state index contributed by atoms with van der Waals surface area (Å²) in [5, 5.41) is 3.09. The molecule has 1 amide bonds. The van der Waals surface area contributed by atoms with Crippen molar-refractivity contribution in [3.8, 4) is 0 Å². The van der Waals surface area contributed by atoms with E-state index in [0.717, 1.165) is 36.2 Å². The number of aryl methyl sites for hydroxylation is 1. The smallest absolute Gasteiger partial charge is 0.249 e. The van der Waals surface area contributed by atoms with Gasteiger partial charge in [-0.05, 0) is 44.4 Å². The molecule has 5 nitrogen and oxygen atoms in total. The fraction of sp³-hybridized carbons (Fsp3) is 0.364.